The van der Waals surface area contributed by atoms with Crippen LogP contribution in [0.2, 0.25) is 0 Å². The monoisotopic (exact) mass is 463 g/mol. The fourth-order valence-corrected chi connectivity index (χ4v) is 8.50. The smallest absolute Gasteiger partial charge is 0.243 e. The molecule has 1 unspecified atom stereocenters. The van der Waals surface area contributed by atoms with Crippen LogP contribution in [0.1, 0.15) is 81.8 Å². The number of nitrogens with zero attached hydrogens (tertiary/aromatic N) is 2. The fraction of sp³-hybridized carbons (Fsp3) is 0.724. The molecule has 1 aromatic rings. The summed E-state index contributed by atoms with van der Waals surface area (Å²) >= 11 is 0. The Balaban J connectivity index is 1.10. The molecule has 6 fully saturated rings. The van der Waals surface area contributed by atoms with Crippen LogP contribution in [0.15, 0.2) is 24.3 Å². The van der Waals surface area contributed by atoms with E-state index in [1.807, 2.05) is 4.90 Å². The van der Waals surface area contributed by atoms with Crippen molar-refractivity contribution >= 4 is 11.8 Å². The summed E-state index contributed by atoms with van der Waals surface area (Å²) in [5.41, 5.74) is 2.37. The Morgan fingerprint density at radius 1 is 0.853 bits per heavy atom. The summed E-state index contributed by atoms with van der Waals surface area (Å²) in [5, 5.41) is 3.23. The largest absolute Gasteiger partial charge is 0.350 e. The second-order valence-corrected chi connectivity index (χ2v) is 12.2. The van der Waals surface area contributed by atoms with Gasteiger partial charge in [0.1, 0.15) is 6.04 Å². The van der Waals surface area contributed by atoms with Crippen molar-refractivity contribution in [2.45, 2.75) is 89.8 Å². The van der Waals surface area contributed by atoms with Crippen LogP contribution < -0.4 is 5.32 Å². The lowest BCUT2D eigenvalue weighted by atomic mass is 9.49. The summed E-state index contributed by atoms with van der Waals surface area (Å²) in [7, 11) is 0. The highest BCUT2D eigenvalue weighted by Gasteiger charge is 2.56. The van der Waals surface area contributed by atoms with Gasteiger partial charge in [-0.15, -0.1) is 0 Å². The summed E-state index contributed by atoms with van der Waals surface area (Å²) in [5.74, 6) is 2.61. The quantitative estimate of drug-likeness (QED) is 0.676. The number of nitrogens with one attached hydrogen (secondary N) is 1. The van der Waals surface area contributed by atoms with Gasteiger partial charge in [0.25, 0.3) is 0 Å². The normalized spacial score (nSPS) is 35.0. The molecule has 0 aromatic heterocycles. The van der Waals surface area contributed by atoms with Crippen LogP contribution in [-0.4, -0.2) is 47.3 Å². The van der Waals surface area contributed by atoms with Crippen molar-refractivity contribution in [1.29, 1.82) is 0 Å². The van der Waals surface area contributed by atoms with Crippen molar-refractivity contribution in [3.05, 3.63) is 35.4 Å². The van der Waals surface area contributed by atoms with Crippen LogP contribution in [0.25, 0.3) is 0 Å². The molecule has 4 saturated carbocycles. The second-order valence-electron chi connectivity index (χ2n) is 12.2. The number of piperidine rings is 1. The van der Waals surface area contributed by atoms with Crippen molar-refractivity contribution in [3.63, 3.8) is 0 Å². The molecule has 184 valence electrons. The van der Waals surface area contributed by atoms with Crippen molar-refractivity contribution in [3.8, 4) is 0 Å². The van der Waals surface area contributed by atoms with E-state index in [9.17, 15) is 9.59 Å². The lowest BCUT2D eigenvalue weighted by Crippen LogP contribution is -2.57. The predicted molar refractivity (Wildman–Crippen MR) is 133 cm³/mol. The molecular weight excluding hydrogens is 422 g/mol. The lowest BCUT2D eigenvalue weighted by molar-refractivity contribution is -0.160. The molecule has 0 radical (unpaired) electrons. The third kappa shape index (κ3) is 4.29. The average molecular weight is 464 g/mol. The molecule has 7 rings (SSSR count). The maximum Gasteiger partial charge on any atom is 0.243 e. The zero-order chi connectivity index (χ0) is 23.1. The molecular formula is C29H41N3O2. The van der Waals surface area contributed by atoms with Gasteiger partial charge in [-0.1, -0.05) is 30.7 Å². The molecule has 4 bridgehead atoms. The van der Waals surface area contributed by atoms with E-state index in [4.69, 9.17) is 0 Å². The number of hydrogen-bond donors (Lipinski definition) is 1. The van der Waals surface area contributed by atoms with Gasteiger partial charge < -0.3 is 10.2 Å². The Kier molecular flexibility index (Phi) is 6.17. The standard InChI is InChI=1S/C29H41N3O2/c33-27(30-19-24-7-2-3-8-25(24)20-31-10-4-1-5-11-31)26-9-6-12-32(26)28(34)29-16-21-13-22(17-29)15-23(14-21)18-29/h2-3,7-8,21-23,26H,1,4-6,9-20H2,(H,30,33). The zero-order valence-corrected chi connectivity index (χ0v) is 20.6. The highest BCUT2D eigenvalue weighted by molar-refractivity contribution is 5.91. The van der Waals surface area contributed by atoms with E-state index in [0.717, 1.165) is 62.9 Å². The molecule has 1 N–H and O–H groups in total. The summed E-state index contributed by atoms with van der Waals surface area (Å²) in [6.07, 6.45) is 12.9. The molecule has 5 nitrogen and oxygen atoms in total. The molecule has 6 aliphatic rings. The highest BCUT2D eigenvalue weighted by Crippen LogP contribution is 2.60. The number of carbonyl (C=O) groups excluding carboxylic acids is 2. The van der Waals surface area contributed by atoms with Gasteiger partial charge in [-0.2, -0.15) is 0 Å². The van der Waals surface area contributed by atoms with Gasteiger partial charge in [0.2, 0.25) is 11.8 Å². The van der Waals surface area contributed by atoms with E-state index in [2.05, 4.69) is 34.5 Å². The summed E-state index contributed by atoms with van der Waals surface area (Å²) < 4.78 is 0. The van der Waals surface area contributed by atoms with Crippen molar-refractivity contribution in [2.75, 3.05) is 19.6 Å². The molecule has 2 aliphatic heterocycles. The lowest BCUT2D eigenvalue weighted by Gasteiger charge is -2.56. The van der Waals surface area contributed by atoms with E-state index in [0.29, 0.717) is 12.5 Å². The Morgan fingerprint density at radius 2 is 1.50 bits per heavy atom. The maximum absolute atomic E-state index is 13.9. The molecule has 34 heavy (non-hydrogen) atoms. The third-order valence-corrected chi connectivity index (χ3v) is 9.72. The highest BCUT2D eigenvalue weighted by atomic mass is 16.2. The average Bonchev–Trinajstić information content (AvgIpc) is 3.33. The molecule has 1 atom stereocenters. The van der Waals surface area contributed by atoms with E-state index < -0.39 is 0 Å². The van der Waals surface area contributed by atoms with E-state index >= 15 is 0 Å². The van der Waals surface area contributed by atoms with Crippen LogP contribution in [0.3, 0.4) is 0 Å². The first-order chi connectivity index (χ1) is 16.6. The van der Waals surface area contributed by atoms with E-state index in [-0.39, 0.29) is 17.4 Å². The first-order valence-corrected chi connectivity index (χ1v) is 14.0. The molecule has 4 aliphatic carbocycles. The number of rotatable bonds is 6. The van der Waals surface area contributed by atoms with Gasteiger partial charge in [0.05, 0.1) is 5.41 Å². The fourth-order valence-electron chi connectivity index (χ4n) is 8.50. The number of hydrogen-bond acceptors (Lipinski definition) is 3. The van der Waals surface area contributed by atoms with Gasteiger partial charge in [-0.05, 0) is 106 Å². The van der Waals surface area contributed by atoms with Gasteiger partial charge >= 0.3 is 0 Å². The molecule has 0 spiro atoms. The maximum atomic E-state index is 13.9. The van der Waals surface area contributed by atoms with Crippen molar-refractivity contribution < 1.29 is 9.59 Å². The first-order valence-electron chi connectivity index (χ1n) is 14.0. The summed E-state index contributed by atoms with van der Waals surface area (Å²) in [6, 6.07) is 8.24. The minimum Gasteiger partial charge on any atom is -0.350 e. The Hall–Kier alpha value is -1.88. The second kappa shape index (κ2) is 9.29. The van der Waals surface area contributed by atoms with E-state index in [1.54, 1.807) is 0 Å². The molecule has 1 aromatic carbocycles. The molecule has 2 heterocycles. The van der Waals surface area contributed by atoms with Crippen LogP contribution in [0.4, 0.5) is 0 Å². The first kappa shape index (κ1) is 22.6. The molecule has 2 saturated heterocycles. The molecule has 5 heteroatoms. The Bertz CT molecular complexity index is 886. The predicted octanol–water partition coefficient (Wildman–Crippen LogP) is 4.50. The third-order valence-electron chi connectivity index (χ3n) is 9.72. The Morgan fingerprint density at radius 3 is 2.18 bits per heavy atom. The molecule has 2 amide bonds. The Labute approximate surface area is 204 Å². The number of likely N-dealkylation sites (tertiary alicyclic amines) is 2. The summed E-state index contributed by atoms with van der Waals surface area (Å²) in [6.45, 7) is 4.61. The van der Waals surface area contributed by atoms with Crippen LogP contribution in [0, 0.1) is 23.2 Å². The number of amides is 2. The van der Waals surface area contributed by atoms with Crippen LogP contribution >= 0.6 is 0 Å². The number of benzene rings is 1. The van der Waals surface area contributed by atoms with Gasteiger partial charge in [0.15, 0.2) is 0 Å². The SMILES string of the molecule is O=C(NCc1ccccc1CN1CCCCC1)C1CCCN1C(=O)C12CC3CC(CC(C3)C1)C2. The summed E-state index contributed by atoms with van der Waals surface area (Å²) in [4.78, 5) is 31.8. The van der Waals surface area contributed by atoms with Crippen LogP contribution in [-0.2, 0) is 22.7 Å². The minimum absolute atomic E-state index is 0.0448. The van der Waals surface area contributed by atoms with Gasteiger partial charge in [-0.3, -0.25) is 14.5 Å². The topological polar surface area (TPSA) is 52.7 Å². The van der Waals surface area contributed by atoms with Crippen molar-refractivity contribution in [2.24, 2.45) is 23.2 Å². The number of carbonyl (C=O) groups is 2. The van der Waals surface area contributed by atoms with Crippen molar-refractivity contribution in [1.82, 2.24) is 15.1 Å². The zero-order valence-electron chi connectivity index (χ0n) is 20.6. The van der Waals surface area contributed by atoms with Gasteiger partial charge in [-0.25, -0.2) is 0 Å². The van der Waals surface area contributed by atoms with E-state index in [1.165, 1.54) is 62.7 Å². The van der Waals surface area contributed by atoms with Crippen LogP contribution in [0.5, 0.6) is 0 Å². The minimum atomic E-state index is -0.283. The van der Waals surface area contributed by atoms with Gasteiger partial charge in [0, 0.05) is 19.6 Å².